The van der Waals surface area contributed by atoms with Gasteiger partial charge in [-0.1, -0.05) is 53.5 Å². The minimum Gasteiger partial charge on any atom is -0.289 e. The quantitative estimate of drug-likeness (QED) is 0.559. The molecule has 4 rings (SSSR count). The Morgan fingerprint density at radius 3 is 2.00 bits per heavy atom. The molecular formula is C22H14Cl2N2O3. The van der Waals surface area contributed by atoms with Crippen LogP contribution in [0, 0.1) is 0 Å². The van der Waals surface area contributed by atoms with Crippen molar-refractivity contribution in [1.82, 2.24) is 4.90 Å². The lowest BCUT2D eigenvalue weighted by Crippen LogP contribution is -2.44. The molecule has 0 fully saturated rings. The molecule has 0 aromatic heterocycles. The molecule has 0 saturated heterocycles. The van der Waals surface area contributed by atoms with Crippen LogP contribution in [0.3, 0.4) is 0 Å². The molecule has 0 spiro atoms. The van der Waals surface area contributed by atoms with Crippen molar-refractivity contribution in [2.75, 3.05) is 11.6 Å². The van der Waals surface area contributed by atoms with Crippen molar-refractivity contribution < 1.29 is 14.4 Å². The van der Waals surface area contributed by atoms with E-state index in [-0.39, 0.29) is 17.3 Å². The maximum atomic E-state index is 13.3. The van der Waals surface area contributed by atoms with E-state index in [1.807, 2.05) is 6.07 Å². The normalized spacial score (nSPS) is 12.8. The maximum absolute atomic E-state index is 13.3. The van der Waals surface area contributed by atoms with Gasteiger partial charge in [0, 0.05) is 10.7 Å². The monoisotopic (exact) mass is 424 g/mol. The second-order valence-corrected chi connectivity index (χ2v) is 7.26. The van der Waals surface area contributed by atoms with E-state index in [4.69, 9.17) is 23.2 Å². The molecule has 1 heterocycles. The zero-order chi connectivity index (χ0) is 20.5. The highest BCUT2D eigenvalue weighted by Gasteiger charge is 2.37. The number of imide groups is 1. The van der Waals surface area contributed by atoms with Crippen molar-refractivity contribution in [2.24, 2.45) is 0 Å². The van der Waals surface area contributed by atoms with Crippen LogP contribution in [0.5, 0.6) is 0 Å². The lowest BCUT2D eigenvalue weighted by Gasteiger charge is -2.27. The Morgan fingerprint density at radius 2 is 1.41 bits per heavy atom. The number of para-hydroxylation sites is 1. The largest absolute Gasteiger partial charge is 0.289 e. The first kappa shape index (κ1) is 19.2. The van der Waals surface area contributed by atoms with Gasteiger partial charge in [-0.2, -0.15) is 0 Å². The molecule has 3 amide bonds. The molecule has 0 atom stereocenters. The highest BCUT2D eigenvalue weighted by Crippen LogP contribution is 2.28. The van der Waals surface area contributed by atoms with Crippen molar-refractivity contribution in [2.45, 2.75) is 0 Å². The summed E-state index contributed by atoms with van der Waals surface area (Å²) in [5.41, 5.74) is 1.39. The summed E-state index contributed by atoms with van der Waals surface area (Å²) in [5, 5.41) is 0.587. The van der Waals surface area contributed by atoms with Gasteiger partial charge in [-0.15, -0.1) is 0 Å². The van der Waals surface area contributed by atoms with Gasteiger partial charge < -0.3 is 0 Å². The Hall–Kier alpha value is -3.15. The van der Waals surface area contributed by atoms with Crippen LogP contribution in [-0.2, 0) is 0 Å². The van der Waals surface area contributed by atoms with Crippen LogP contribution >= 0.6 is 23.2 Å². The van der Waals surface area contributed by atoms with Crippen LogP contribution in [0.25, 0.3) is 0 Å². The number of halogens is 2. The third-order valence-electron chi connectivity index (χ3n) is 4.64. The van der Waals surface area contributed by atoms with E-state index < -0.39 is 17.7 Å². The zero-order valence-corrected chi connectivity index (χ0v) is 16.5. The van der Waals surface area contributed by atoms with E-state index in [9.17, 15) is 14.4 Å². The zero-order valence-electron chi connectivity index (χ0n) is 15.0. The van der Waals surface area contributed by atoms with Gasteiger partial charge in [0.15, 0.2) is 0 Å². The summed E-state index contributed by atoms with van der Waals surface area (Å²) >= 11 is 12.2. The van der Waals surface area contributed by atoms with Gasteiger partial charge in [-0.3, -0.25) is 24.2 Å². The summed E-state index contributed by atoms with van der Waals surface area (Å²) in [7, 11) is 0. The smallest absolute Gasteiger partial charge is 0.263 e. The Bertz CT molecular complexity index is 1100. The number of fused-ring (bicyclic) bond motifs is 1. The van der Waals surface area contributed by atoms with Gasteiger partial charge in [0.05, 0.1) is 21.7 Å². The fourth-order valence-corrected chi connectivity index (χ4v) is 3.68. The molecule has 144 valence electrons. The molecule has 0 unspecified atom stereocenters. The van der Waals surface area contributed by atoms with Gasteiger partial charge in [0.2, 0.25) is 0 Å². The van der Waals surface area contributed by atoms with Crippen LogP contribution in [0.15, 0.2) is 72.8 Å². The summed E-state index contributed by atoms with van der Waals surface area (Å²) in [4.78, 5) is 41.2. The fourth-order valence-electron chi connectivity index (χ4n) is 3.19. The average Bonchev–Trinajstić information content (AvgIpc) is 2.97. The molecule has 0 saturated carbocycles. The van der Waals surface area contributed by atoms with Gasteiger partial charge in [0.25, 0.3) is 17.7 Å². The van der Waals surface area contributed by atoms with E-state index in [0.717, 1.165) is 4.90 Å². The second-order valence-electron chi connectivity index (χ2n) is 6.42. The standard InChI is InChI=1S/C22H14Cl2N2O3/c23-14-10-11-18(19(24)12-14)22(29)25(15-6-2-1-3-7-15)13-26-20(27)16-8-4-5-9-17(16)21(26)28/h1-12H,13H2. The van der Waals surface area contributed by atoms with E-state index in [0.29, 0.717) is 21.8 Å². The summed E-state index contributed by atoms with van der Waals surface area (Å²) in [6.07, 6.45) is 0. The average molecular weight is 425 g/mol. The molecule has 0 bridgehead atoms. The minimum absolute atomic E-state index is 0.186. The first-order chi connectivity index (χ1) is 14.0. The summed E-state index contributed by atoms with van der Waals surface area (Å²) in [6.45, 7) is -0.242. The number of hydrogen-bond donors (Lipinski definition) is 0. The number of benzene rings is 3. The molecule has 0 radical (unpaired) electrons. The topological polar surface area (TPSA) is 57.7 Å². The minimum atomic E-state index is -0.450. The molecule has 7 heteroatoms. The van der Waals surface area contributed by atoms with Crippen molar-refractivity contribution in [1.29, 1.82) is 0 Å². The summed E-state index contributed by atoms with van der Waals surface area (Å²) in [6, 6.07) is 19.9. The SMILES string of the molecule is O=C1c2ccccc2C(=O)N1CN(C(=O)c1ccc(Cl)cc1Cl)c1ccccc1. The molecule has 3 aromatic carbocycles. The predicted octanol–water partition coefficient (Wildman–Crippen LogP) is 4.89. The fraction of sp³-hybridized carbons (Fsp3) is 0.0455. The number of nitrogens with zero attached hydrogens (tertiary/aromatic N) is 2. The first-order valence-corrected chi connectivity index (χ1v) is 9.50. The molecule has 3 aromatic rings. The molecule has 5 nitrogen and oxygen atoms in total. The summed E-state index contributed by atoms with van der Waals surface area (Å²) < 4.78 is 0. The lowest BCUT2D eigenvalue weighted by atomic mass is 10.1. The van der Waals surface area contributed by atoms with Crippen molar-refractivity contribution in [3.05, 3.63) is 99.5 Å². The highest BCUT2D eigenvalue weighted by atomic mass is 35.5. The maximum Gasteiger partial charge on any atom is 0.263 e. The molecule has 0 aliphatic carbocycles. The van der Waals surface area contributed by atoms with Crippen LogP contribution in [0.2, 0.25) is 10.0 Å². The van der Waals surface area contributed by atoms with Gasteiger partial charge >= 0.3 is 0 Å². The summed E-state index contributed by atoms with van der Waals surface area (Å²) in [5.74, 6) is -1.34. The number of anilines is 1. The van der Waals surface area contributed by atoms with Crippen LogP contribution in [0.4, 0.5) is 5.69 Å². The third kappa shape index (κ3) is 3.50. The number of carbonyl (C=O) groups is 3. The first-order valence-electron chi connectivity index (χ1n) is 8.74. The molecular weight excluding hydrogens is 411 g/mol. The number of rotatable bonds is 4. The number of hydrogen-bond acceptors (Lipinski definition) is 3. The molecule has 0 N–H and O–H groups in total. The Labute approximate surface area is 177 Å². The van der Waals surface area contributed by atoms with E-state index in [2.05, 4.69) is 0 Å². The van der Waals surface area contributed by atoms with E-state index in [1.54, 1.807) is 54.6 Å². The molecule has 1 aliphatic rings. The van der Waals surface area contributed by atoms with Crippen LogP contribution in [-0.4, -0.2) is 29.3 Å². The van der Waals surface area contributed by atoms with Crippen molar-refractivity contribution in [3.8, 4) is 0 Å². The third-order valence-corrected chi connectivity index (χ3v) is 5.18. The number of carbonyl (C=O) groups excluding carboxylic acids is 3. The second kappa shape index (κ2) is 7.70. The van der Waals surface area contributed by atoms with Crippen molar-refractivity contribution in [3.63, 3.8) is 0 Å². The highest BCUT2D eigenvalue weighted by molar-refractivity contribution is 6.37. The molecule has 1 aliphatic heterocycles. The van der Waals surface area contributed by atoms with Crippen molar-refractivity contribution >= 4 is 46.6 Å². The number of amides is 3. The Kier molecular flexibility index (Phi) is 5.09. The van der Waals surface area contributed by atoms with Crippen LogP contribution in [0.1, 0.15) is 31.1 Å². The van der Waals surface area contributed by atoms with Gasteiger partial charge in [0.1, 0.15) is 6.67 Å². The molecule has 29 heavy (non-hydrogen) atoms. The Morgan fingerprint density at radius 1 is 0.828 bits per heavy atom. The van der Waals surface area contributed by atoms with Gasteiger partial charge in [-0.05, 0) is 42.5 Å². The van der Waals surface area contributed by atoms with Gasteiger partial charge in [-0.25, -0.2) is 0 Å². The van der Waals surface area contributed by atoms with E-state index in [1.165, 1.54) is 17.0 Å². The Balaban J connectivity index is 1.72. The van der Waals surface area contributed by atoms with E-state index >= 15 is 0 Å². The van der Waals surface area contributed by atoms with Crippen LogP contribution < -0.4 is 4.90 Å². The predicted molar refractivity (Wildman–Crippen MR) is 112 cm³/mol. The lowest BCUT2D eigenvalue weighted by molar-refractivity contribution is 0.0650.